The minimum absolute atomic E-state index is 0.393. The van der Waals surface area contributed by atoms with Gasteiger partial charge in [0.05, 0.1) is 12.3 Å². The zero-order valence-electron chi connectivity index (χ0n) is 10.9. The van der Waals surface area contributed by atoms with Crippen molar-refractivity contribution in [3.05, 3.63) is 23.7 Å². The number of aryl methyl sites for hydroxylation is 1. The van der Waals surface area contributed by atoms with Crippen LogP contribution < -0.4 is 0 Å². The van der Waals surface area contributed by atoms with E-state index in [0.717, 1.165) is 23.3 Å². The molecular weight excluding hydrogens is 214 g/mol. The van der Waals surface area contributed by atoms with Crippen molar-refractivity contribution in [2.75, 3.05) is 13.7 Å². The molecule has 0 saturated carbocycles. The molecule has 4 heteroatoms. The van der Waals surface area contributed by atoms with Crippen LogP contribution in [0.1, 0.15) is 31.1 Å². The van der Waals surface area contributed by atoms with Gasteiger partial charge in [-0.3, -0.25) is 4.98 Å². The van der Waals surface area contributed by atoms with E-state index in [-0.39, 0.29) is 0 Å². The molecule has 0 aliphatic heterocycles. The molecule has 0 atom stereocenters. The lowest BCUT2D eigenvalue weighted by molar-refractivity contribution is 0.202. The molecule has 0 amide bonds. The van der Waals surface area contributed by atoms with Gasteiger partial charge >= 0.3 is 0 Å². The average Bonchev–Trinajstić information content (AvgIpc) is 2.64. The SMILES string of the molecule is COCCc1cn(C(C)C)c2nc(C)cnc12. The summed E-state index contributed by atoms with van der Waals surface area (Å²) in [6.07, 6.45) is 4.85. The van der Waals surface area contributed by atoms with Crippen molar-refractivity contribution >= 4 is 11.2 Å². The molecule has 4 nitrogen and oxygen atoms in total. The van der Waals surface area contributed by atoms with Gasteiger partial charge in [0.1, 0.15) is 5.52 Å². The third-order valence-electron chi connectivity index (χ3n) is 2.85. The molecule has 2 aromatic rings. The summed E-state index contributed by atoms with van der Waals surface area (Å²) in [5, 5.41) is 0. The average molecular weight is 233 g/mol. The molecule has 0 saturated heterocycles. The number of methoxy groups -OCH3 is 1. The predicted molar refractivity (Wildman–Crippen MR) is 68.2 cm³/mol. The summed E-state index contributed by atoms with van der Waals surface area (Å²) in [4.78, 5) is 9.08. The molecule has 0 unspecified atom stereocenters. The van der Waals surface area contributed by atoms with E-state index in [0.29, 0.717) is 12.6 Å². The standard InChI is InChI=1S/C13H19N3O/c1-9(2)16-8-11(5-6-17-4)12-13(16)15-10(3)7-14-12/h7-9H,5-6H2,1-4H3. The van der Waals surface area contributed by atoms with Crippen LogP contribution in [0.25, 0.3) is 11.2 Å². The first-order chi connectivity index (χ1) is 8.13. The van der Waals surface area contributed by atoms with Gasteiger partial charge in [0, 0.05) is 31.1 Å². The van der Waals surface area contributed by atoms with Crippen molar-refractivity contribution in [2.45, 2.75) is 33.2 Å². The van der Waals surface area contributed by atoms with Gasteiger partial charge in [-0.2, -0.15) is 0 Å². The van der Waals surface area contributed by atoms with Crippen LogP contribution in [0.15, 0.2) is 12.4 Å². The Labute approximate surface area is 102 Å². The van der Waals surface area contributed by atoms with Gasteiger partial charge in [-0.25, -0.2) is 4.98 Å². The van der Waals surface area contributed by atoms with Gasteiger partial charge in [0.15, 0.2) is 5.65 Å². The Kier molecular flexibility index (Phi) is 3.43. The summed E-state index contributed by atoms with van der Waals surface area (Å²) in [7, 11) is 1.72. The predicted octanol–water partition coefficient (Wildman–Crippen LogP) is 2.51. The highest BCUT2D eigenvalue weighted by molar-refractivity contribution is 5.76. The molecule has 2 heterocycles. The summed E-state index contributed by atoms with van der Waals surface area (Å²) in [6.45, 7) is 7.00. The van der Waals surface area contributed by atoms with E-state index in [2.05, 4.69) is 34.6 Å². The molecule has 2 aromatic heterocycles. The molecule has 0 aliphatic rings. The third-order valence-corrected chi connectivity index (χ3v) is 2.85. The van der Waals surface area contributed by atoms with E-state index in [1.165, 1.54) is 5.56 Å². The fourth-order valence-electron chi connectivity index (χ4n) is 1.95. The Bertz CT molecular complexity index is 517. The maximum absolute atomic E-state index is 5.13. The van der Waals surface area contributed by atoms with Crippen LogP contribution in [0, 0.1) is 6.92 Å². The summed E-state index contributed by atoms with van der Waals surface area (Å²) in [5.41, 5.74) is 4.14. The van der Waals surface area contributed by atoms with Crippen LogP contribution in [0.3, 0.4) is 0 Å². The highest BCUT2D eigenvalue weighted by Crippen LogP contribution is 2.22. The van der Waals surface area contributed by atoms with Gasteiger partial charge in [0.2, 0.25) is 0 Å². The van der Waals surface area contributed by atoms with Crippen molar-refractivity contribution in [1.82, 2.24) is 14.5 Å². The molecule has 0 N–H and O–H groups in total. The molecule has 17 heavy (non-hydrogen) atoms. The number of rotatable bonds is 4. The van der Waals surface area contributed by atoms with E-state index < -0.39 is 0 Å². The highest BCUT2D eigenvalue weighted by atomic mass is 16.5. The van der Waals surface area contributed by atoms with Crippen molar-refractivity contribution in [3.8, 4) is 0 Å². The second-order valence-corrected chi connectivity index (χ2v) is 4.58. The van der Waals surface area contributed by atoms with E-state index in [1.807, 2.05) is 13.1 Å². The fraction of sp³-hybridized carbons (Fsp3) is 0.538. The number of aromatic nitrogens is 3. The van der Waals surface area contributed by atoms with Gasteiger partial charge in [-0.1, -0.05) is 0 Å². The lowest BCUT2D eigenvalue weighted by atomic mass is 10.2. The zero-order valence-corrected chi connectivity index (χ0v) is 10.9. The quantitative estimate of drug-likeness (QED) is 0.814. The number of ether oxygens (including phenoxy) is 1. The second kappa shape index (κ2) is 4.84. The Morgan fingerprint density at radius 1 is 1.41 bits per heavy atom. The first-order valence-electron chi connectivity index (χ1n) is 5.95. The number of fused-ring (bicyclic) bond motifs is 1. The van der Waals surface area contributed by atoms with E-state index in [9.17, 15) is 0 Å². The van der Waals surface area contributed by atoms with E-state index in [4.69, 9.17) is 4.74 Å². The van der Waals surface area contributed by atoms with Crippen molar-refractivity contribution in [1.29, 1.82) is 0 Å². The lowest BCUT2D eigenvalue weighted by Gasteiger charge is -2.07. The topological polar surface area (TPSA) is 39.9 Å². The molecular formula is C13H19N3O. The number of hydrogen-bond donors (Lipinski definition) is 0. The summed E-state index contributed by atoms with van der Waals surface area (Å²) in [5.74, 6) is 0. The Morgan fingerprint density at radius 3 is 2.82 bits per heavy atom. The molecule has 92 valence electrons. The number of nitrogens with zero attached hydrogens (tertiary/aromatic N) is 3. The number of hydrogen-bond acceptors (Lipinski definition) is 3. The molecule has 0 aromatic carbocycles. The molecule has 0 bridgehead atoms. The first kappa shape index (κ1) is 12.0. The van der Waals surface area contributed by atoms with Crippen LogP contribution in [-0.2, 0) is 11.2 Å². The highest BCUT2D eigenvalue weighted by Gasteiger charge is 2.12. The van der Waals surface area contributed by atoms with Gasteiger partial charge in [-0.05, 0) is 27.2 Å². The summed E-state index contributed by atoms with van der Waals surface area (Å²) < 4.78 is 7.31. The van der Waals surface area contributed by atoms with E-state index >= 15 is 0 Å². The van der Waals surface area contributed by atoms with Crippen LogP contribution >= 0.6 is 0 Å². The lowest BCUT2D eigenvalue weighted by Crippen LogP contribution is -2.00. The Morgan fingerprint density at radius 2 is 2.18 bits per heavy atom. The molecule has 0 spiro atoms. The van der Waals surface area contributed by atoms with Gasteiger partial charge in [0.25, 0.3) is 0 Å². The summed E-state index contributed by atoms with van der Waals surface area (Å²) in [6, 6.07) is 0.393. The van der Waals surface area contributed by atoms with Crippen molar-refractivity contribution < 1.29 is 4.74 Å². The maximum atomic E-state index is 5.13. The van der Waals surface area contributed by atoms with Gasteiger partial charge < -0.3 is 9.30 Å². The molecule has 0 fully saturated rings. The monoisotopic (exact) mass is 233 g/mol. The second-order valence-electron chi connectivity index (χ2n) is 4.58. The fourth-order valence-corrected chi connectivity index (χ4v) is 1.95. The zero-order chi connectivity index (χ0) is 12.4. The summed E-state index contributed by atoms with van der Waals surface area (Å²) >= 11 is 0. The molecule has 0 aliphatic carbocycles. The molecule has 0 radical (unpaired) electrons. The van der Waals surface area contributed by atoms with Crippen molar-refractivity contribution in [3.63, 3.8) is 0 Å². The van der Waals surface area contributed by atoms with Crippen LogP contribution in [0.4, 0.5) is 0 Å². The maximum Gasteiger partial charge on any atom is 0.159 e. The largest absolute Gasteiger partial charge is 0.384 e. The van der Waals surface area contributed by atoms with E-state index in [1.54, 1.807) is 7.11 Å². The molecule has 2 rings (SSSR count). The normalized spacial score (nSPS) is 11.6. The van der Waals surface area contributed by atoms with Crippen LogP contribution in [0.5, 0.6) is 0 Å². The smallest absolute Gasteiger partial charge is 0.159 e. The third kappa shape index (κ3) is 2.31. The first-order valence-corrected chi connectivity index (χ1v) is 5.95. The minimum atomic E-state index is 0.393. The van der Waals surface area contributed by atoms with Crippen LogP contribution in [-0.4, -0.2) is 28.3 Å². The minimum Gasteiger partial charge on any atom is -0.384 e. The van der Waals surface area contributed by atoms with Crippen molar-refractivity contribution in [2.24, 2.45) is 0 Å². The Hall–Kier alpha value is -1.42. The van der Waals surface area contributed by atoms with Gasteiger partial charge in [-0.15, -0.1) is 0 Å². The van der Waals surface area contributed by atoms with Crippen LogP contribution in [0.2, 0.25) is 0 Å². The Balaban J connectivity index is 2.54.